The van der Waals surface area contributed by atoms with Gasteiger partial charge < -0.3 is 5.11 Å². The van der Waals surface area contributed by atoms with E-state index in [1.165, 1.54) is 0 Å². The van der Waals surface area contributed by atoms with Crippen LogP contribution in [0.3, 0.4) is 0 Å². The predicted molar refractivity (Wildman–Crippen MR) is 93.9 cm³/mol. The molecule has 0 saturated heterocycles. The number of benzene rings is 3. The third-order valence-electron chi connectivity index (χ3n) is 4.11. The molecule has 3 aromatic carbocycles. The van der Waals surface area contributed by atoms with Crippen LogP contribution in [0.25, 0.3) is 0 Å². The normalized spacial score (nSPS) is 21.1. The summed E-state index contributed by atoms with van der Waals surface area (Å²) >= 11 is 0. The third-order valence-corrected chi connectivity index (χ3v) is 5.63. The summed E-state index contributed by atoms with van der Waals surface area (Å²) in [5.74, 6) is 6.07. The van der Waals surface area contributed by atoms with Crippen LogP contribution >= 0.6 is 0 Å². The van der Waals surface area contributed by atoms with Crippen LogP contribution in [0.4, 0.5) is 0 Å². The zero-order valence-corrected chi connectivity index (χ0v) is 13.6. The molecular weight excluding hydrogens is 316 g/mol. The molecule has 1 aliphatic rings. The largest absolute Gasteiger partial charge is 0.369 e. The van der Waals surface area contributed by atoms with Crippen molar-refractivity contribution < 1.29 is 9.32 Å². The molecule has 0 bridgehead atoms. The van der Waals surface area contributed by atoms with Gasteiger partial charge in [-0.2, -0.15) is 0 Å². The first-order valence-electron chi connectivity index (χ1n) is 7.61. The van der Waals surface area contributed by atoms with Gasteiger partial charge in [-0.25, -0.2) is 4.21 Å². The van der Waals surface area contributed by atoms with Crippen molar-refractivity contribution in [3.8, 4) is 11.8 Å². The van der Waals surface area contributed by atoms with Gasteiger partial charge in [-0.05, 0) is 24.3 Å². The topological polar surface area (TPSA) is 37.3 Å². The first-order chi connectivity index (χ1) is 11.7. The van der Waals surface area contributed by atoms with Gasteiger partial charge in [-0.3, -0.25) is 0 Å². The van der Waals surface area contributed by atoms with E-state index in [2.05, 4.69) is 11.8 Å². The van der Waals surface area contributed by atoms with Crippen molar-refractivity contribution in [1.82, 2.24) is 0 Å². The third kappa shape index (κ3) is 2.28. The molecule has 0 spiro atoms. The Bertz CT molecular complexity index is 947. The fraction of sp³-hybridized carbons (Fsp3) is 0.0476. The Balaban J connectivity index is 1.97. The summed E-state index contributed by atoms with van der Waals surface area (Å²) < 4.78 is 12.8. The van der Waals surface area contributed by atoms with E-state index < -0.39 is 16.4 Å². The highest BCUT2D eigenvalue weighted by molar-refractivity contribution is 7.85. The molecule has 0 aromatic heterocycles. The van der Waals surface area contributed by atoms with Crippen LogP contribution in [-0.2, 0) is 16.4 Å². The van der Waals surface area contributed by atoms with E-state index >= 15 is 0 Å². The van der Waals surface area contributed by atoms with E-state index in [-0.39, 0.29) is 0 Å². The number of fused-ring (bicyclic) bond motifs is 2. The smallest absolute Gasteiger partial charge is 0.179 e. The van der Waals surface area contributed by atoms with E-state index in [9.17, 15) is 9.32 Å². The summed E-state index contributed by atoms with van der Waals surface area (Å²) in [6.07, 6.45) is 0. The molecule has 24 heavy (non-hydrogen) atoms. The van der Waals surface area contributed by atoms with Gasteiger partial charge in [0, 0.05) is 16.7 Å². The van der Waals surface area contributed by atoms with Crippen LogP contribution < -0.4 is 0 Å². The fourth-order valence-electron chi connectivity index (χ4n) is 2.94. The zero-order chi connectivity index (χ0) is 16.6. The molecule has 1 N–H and O–H groups in total. The van der Waals surface area contributed by atoms with Crippen molar-refractivity contribution in [2.24, 2.45) is 0 Å². The average molecular weight is 330 g/mol. The Kier molecular flexibility index (Phi) is 3.57. The summed E-state index contributed by atoms with van der Waals surface area (Å²) in [5, 5.41) is 11.4. The van der Waals surface area contributed by atoms with Gasteiger partial charge in [-0.1, -0.05) is 66.4 Å². The van der Waals surface area contributed by atoms with E-state index in [1.807, 2.05) is 54.6 Å². The van der Waals surface area contributed by atoms with Crippen molar-refractivity contribution in [2.75, 3.05) is 0 Å². The molecule has 4 rings (SSSR count). The van der Waals surface area contributed by atoms with Crippen LogP contribution in [-0.4, -0.2) is 9.32 Å². The van der Waals surface area contributed by atoms with Crippen molar-refractivity contribution in [3.63, 3.8) is 0 Å². The van der Waals surface area contributed by atoms with Crippen molar-refractivity contribution in [3.05, 3.63) is 95.6 Å². The highest BCUT2D eigenvalue weighted by Crippen LogP contribution is 2.42. The molecule has 0 saturated carbocycles. The van der Waals surface area contributed by atoms with E-state index in [1.54, 1.807) is 24.3 Å². The summed E-state index contributed by atoms with van der Waals surface area (Å²) in [5.41, 5.74) is 0.528. The molecule has 0 unspecified atom stereocenters. The number of hydrogen-bond acceptors (Lipinski definition) is 2. The maximum Gasteiger partial charge on any atom is 0.179 e. The molecule has 116 valence electrons. The average Bonchev–Trinajstić information content (AvgIpc) is 2.66. The molecule has 0 fully saturated rings. The minimum absolute atomic E-state index is 0.588. The molecule has 2 nitrogen and oxygen atoms in total. The Morgan fingerprint density at radius 2 is 1.25 bits per heavy atom. The van der Waals surface area contributed by atoms with Gasteiger partial charge in [0.15, 0.2) is 5.60 Å². The summed E-state index contributed by atoms with van der Waals surface area (Å²) in [7, 11) is -1.31. The molecule has 0 radical (unpaired) electrons. The fourth-order valence-corrected chi connectivity index (χ4v) is 4.41. The van der Waals surface area contributed by atoms with Gasteiger partial charge in [-0.15, -0.1) is 0 Å². The highest BCUT2D eigenvalue weighted by atomic mass is 32.2. The van der Waals surface area contributed by atoms with Crippen LogP contribution in [0.2, 0.25) is 0 Å². The Morgan fingerprint density at radius 3 is 1.83 bits per heavy atom. The quantitative estimate of drug-likeness (QED) is 0.641. The van der Waals surface area contributed by atoms with Gasteiger partial charge >= 0.3 is 0 Å². The molecule has 3 heteroatoms. The zero-order valence-electron chi connectivity index (χ0n) is 12.8. The van der Waals surface area contributed by atoms with Gasteiger partial charge in [0.2, 0.25) is 0 Å². The lowest BCUT2D eigenvalue weighted by molar-refractivity contribution is 0.137. The van der Waals surface area contributed by atoms with E-state index in [0.717, 1.165) is 5.56 Å². The van der Waals surface area contributed by atoms with E-state index in [0.29, 0.717) is 20.9 Å². The number of aliphatic hydroxyl groups is 1. The predicted octanol–water partition coefficient (Wildman–Crippen LogP) is 3.45. The van der Waals surface area contributed by atoms with Crippen LogP contribution in [0.15, 0.2) is 88.7 Å². The Morgan fingerprint density at radius 1 is 0.750 bits per heavy atom. The molecule has 0 amide bonds. The maximum atomic E-state index is 12.8. The SMILES string of the molecule is O=S1c2ccccc2C(O)(C#Cc2ccccc2)c2ccccc21. The number of hydrogen-bond donors (Lipinski definition) is 1. The Labute approximate surface area is 143 Å². The minimum atomic E-state index is -1.48. The van der Waals surface area contributed by atoms with Crippen molar-refractivity contribution in [2.45, 2.75) is 15.4 Å². The molecule has 1 aliphatic heterocycles. The summed E-state index contributed by atoms with van der Waals surface area (Å²) in [6, 6.07) is 24.0. The second-order valence-corrected chi connectivity index (χ2v) is 7.00. The lowest BCUT2D eigenvalue weighted by Crippen LogP contribution is -2.32. The van der Waals surface area contributed by atoms with Crippen molar-refractivity contribution >= 4 is 10.8 Å². The second kappa shape index (κ2) is 5.76. The first-order valence-corrected chi connectivity index (χ1v) is 8.76. The molecular formula is C21H14O2S. The number of rotatable bonds is 0. The van der Waals surface area contributed by atoms with Crippen LogP contribution in [0.5, 0.6) is 0 Å². The highest BCUT2D eigenvalue weighted by Gasteiger charge is 2.40. The Hall–Kier alpha value is -2.67. The molecule has 3 aromatic rings. The molecule has 1 heterocycles. The minimum Gasteiger partial charge on any atom is -0.369 e. The summed E-state index contributed by atoms with van der Waals surface area (Å²) in [6.45, 7) is 0. The second-order valence-electron chi connectivity index (χ2n) is 5.59. The van der Waals surface area contributed by atoms with Gasteiger partial charge in [0.05, 0.1) is 20.6 Å². The van der Waals surface area contributed by atoms with Crippen LogP contribution in [0.1, 0.15) is 16.7 Å². The lowest BCUT2D eigenvalue weighted by Gasteiger charge is -2.31. The standard InChI is InChI=1S/C21H14O2S/c22-21(15-14-16-8-2-1-3-9-16)17-10-4-6-12-19(17)24(23)20-13-7-5-11-18(20)21/h1-13,22H. The van der Waals surface area contributed by atoms with Crippen molar-refractivity contribution in [1.29, 1.82) is 0 Å². The summed E-state index contributed by atoms with van der Waals surface area (Å²) in [4.78, 5) is 1.22. The van der Waals surface area contributed by atoms with Gasteiger partial charge in [0.1, 0.15) is 0 Å². The maximum absolute atomic E-state index is 12.8. The monoisotopic (exact) mass is 330 g/mol. The first kappa shape index (κ1) is 14.9. The molecule has 0 atom stereocenters. The lowest BCUT2D eigenvalue weighted by atomic mass is 9.86. The molecule has 0 aliphatic carbocycles. The van der Waals surface area contributed by atoms with Crippen LogP contribution in [0, 0.1) is 11.8 Å². The van der Waals surface area contributed by atoms with Gasteiger partial charge in [0.25, 0.3) is 0 Å². The van der Waals surface area contributed by atoms with E-state index in [4.69, 9.17) is 0 Å².